The largest absolute Gasteiger partial charge is 0.337 e. The Kier molecular flexibility index (Phi) is 4.91. The minimum Gasteiger partial charge on any atom is -0.337 e. The van der Waals surface area contributed by atoms with E-state index in [0.29, 0.717) is 6.54 Å². The van der Waals surface area contributed by atoms with Crippen LogP contribution in [0.25, 0.3) is 0 Å². The van der Waals surface area contributed by atoms with Gasteiger partial charge in [-0.2, -0.15) is 0 Å². The first-order valence-electron chi connectivity index (χ1n) is 6.97. The van der Waals surface area contributed by atoms with Gasteiger partial charge in [-0.1, -0.05) is 19.1 Å². The number of rotatable bonds is 5. The molecule has 1 aromatic rings. The van der Waals surface area contributed by atoms with E-state index in [4.69, 9.17) is 0 Å². The lowest BCUT2D eigenvalue weighted by atomic mass is 10.0. The third-order valence-electron chi connectivity index (χ3n) is 3.46. The number of hydrogen-bond acceptors (Lipinski definition) is 2. The van der Waals surface area contributed by atoms with Crippen molar-refractivity contribution in [3.63, 3.8) is 0 Å². The fourth-order valence-electron chi connectivity index (χ4n) is 2.42. The molecule has 2 rings (SSSR count). The van der Waals surface area contributed by atoms with Gasteiger partial charge in [-0.05, 0) is 43.5 Å². The zero-order valence-electron chi connectivity index (χ0n) is 11.4. The molecule has 1 aliphatic heterocycles. The summed E-state index contributed by atoms with van der Waals surface area (Å²) in [6.45, 7) is 4.33. The first-order valence-corrected chi connectivity index (χ1v) is 6.97. The van der Waals surface area contributed by atoms with E-state index in [1.165, 1.54) is 12.1 Å². The molecule has 1 saturated heterocycles. The zero-order valence-corrected chi connectivity index (χ0v) is 11.4. The van der Waals surface area contributed by atoms with Crippen LogP contribution in [0, 0.1) is 5.82 Å². The molecule has 19 heavy (non-hydrogen) atoms. The summed E-state index contributed by atoms with van der Waals surface area (Å²) in [5, 5.41) is 3.29. The maximum Gasteiger partial charge on any atom is 0.240 e. The van der Waals surface area contributed by atoms with Crippen molar-refractivity contribution in [2.45, 2.75) is 38.8 Å². The average Bonchev–Trinajstić information content (AvgIpc) is 2.42. The summed E-state index contributed by atoms with van der Waals surface area (Å²) >= 11 is 0. The van der Waals surface area contributed by atoms with Gasteiger partial charge in [0.1, 0.15) is 5.82 Å². The molecule has 0 aromatic heterocycles. The van der Waals surface area contributed by atoms with Crippen molar-refractivity contribution >= 4 is 5.91 Å². The van der Waals surface area contributed by atoms with Crippen molar-refractivity contribution < 1.29 is 9.18 Å². The number of piperidine rings is 1. The molecule has 1 amide bonds. The summed E-state index contributed by atoms with van der Waals surface area (Å²) in [5.74, 6) is -0.0692. The summed E-state index contributed by atoms with van der Waals surface area (Å²) in [6, 6.07) is 6.32. The van der Waals surface area contributed by atoms with Crippen molar-refractivity contribution in [2.24, 2.45) is 0 Å². The normalized spacial score (nSPS) is 19.8. The van der Waals surface area contributed by atoms with Gasteiger partial charge in [0, 0.05) is 13.1 Å². The lowest BCUT2D eigenvalue weighted by Gasteiger charge is -2.32. The van der Waals surface area contributed by atoms with Gasteiger partial charge in [0.2, 0.25) is 5.91 Å². The Morgan fingerprint density at radius 1 is 1.37 bits per heavy atom. The van der Waals surface area contributed by atoms with Crippen molar-refractivity contribution in [1.29, 1.82) is 0 Å². The topological polar surface area (TPSA) is 32.3 Å². The Morgan fingerprint density at radius 2 is 2.11 bits per heavy atom. The fraction of sp³-hybridized carbons (Fsp3) is 0.533. The molecule has 1 heterocycles. The van der Waals surface area contributed by atoms with Gasteiger partial charge in [-0.3, -0.25) is 4.79 Å². The second-order valence-corrected chi connectivity index (χ2v) is 5.04. The number of halogens is 1. The highest BCUT2D eigenvalue weighted by Gasteiger charge is 2.27. The highest BCUT2D eigenvalue weighted by molar-refractivity contribution is 5.82. The van der Waals surface area contributed by atoms with Crippen LogP contribution in [0.1, 0.15) is 31.7 Å². The molecule has 0 bridgehead atoms. The molecule has 1 aromatic carbocycles. The number of hydrogen-bond donors (Lipinski definition) is 1. The van der Waals surface area contributed by atoms with E-state index >= 15 is 0 Å². The number of benzene rings is 1. The molecule has 3 nitrogen and oxygen atoms in total. The molecule has 4 heteroatoms. The minimum atomic E-state index is -0.240. The van der Waals surface area contributed by atoms with E-state index in [-0.39, 0.29) is 17.8 Å². The predicted octanol–water partition coefficient (Wildman–Crippen LogP) is 2.32. The first-order chi connectivity index (χ1) is 9.20. The molecular formula is C15H21FN2O. The number of carbonyl (C=O) groups excluding carboxylic acids is 1. The van der Waals surface area contributed by atoms with Crippen LogP contribution in [0.2, 0.25) is 0 Å². The Hall–Kier alpha value is -1.42. The molecule has 104 valence electrons. The third kappa shape index (κ3) is 3.77. The van der Waals surface area contributed by atoms with Crippen LogP contribution in [0.5, 0.6) is 0 Å². The number of carbonyl (C=O) groups is 1. The van der Waals surface area contributed by atoms with Crippen molar-refractivity contribution in [3.8, 4) is 0 Å². The summed E-state index contributed by atoms with van der Waals surface area (Å²) in [5.41, 5.74) is 0.978. The SMILES string of the molecule is CCCNC1CCCN(Cc2ccc(F)cc2)C1=O. The van der Waals surface area contributed by atoms with Crippen LogP contribution < -0.4 is 5.32 Å². The van der Waals surface area contributed by atoms with Gasteiger partial charge in [0.25, 0.3) is 0 Å². The molecule has 1 unspecified atom stereocenters. The van der Waals surface area contributed by atoms with E-state index in [2.05, 4.69) is 12.2 Å². The van der Waals surface area contributed by atoms with Crippen LogP contribution >= 0.6 is 0 Å². The number of nitrogens with zero attached hydrogens (tertiary/aromatic N) is 1. The second-order valence-electron chi connectivity index (χ2n) is 5.04. The standard InChI is InChI=1S/C15H21FN2O/c1-2-9-17-14-4-3-10-18(15(14)19)11-12-5-7-13(16)8-6-12/h5-8,14,17H,2-4,9-11H2,1H3. The van der Waals surface area contributed by atoms with Crippen molar-refractivity contribution in [1.82, 2.24) is 10.2 Å². The lowest BCUT2D eigenvalue weighted by Crippen LogP contribution is -2.50. The van der Waals surface area contributed by atoms with E-state index in [0.717, 1.165) is 37.9 Å². The summed E-state index contributed by atoms with van der Waals surface area (Å²) in [4.78, 5) is 14.2. The van der Waals surface area contributed by atoms with Crippen LogP contribution in [-0.4, -0.2) is 29.9 Å². The smallest absolute Gasteiger partial charge is 0.240 e. The van der Waals surface area contributed by atoms with E-state index in [1.807, 2.05) is 4.90 Å². The van der Waals surface area contributed by atoms with Gasteiger partial charge >= 0.3 is 0 Å². The minimum absolute atomic E-state index is 0.0471. The molecule has 1 N–H and O–H groups in total. The quantitative estimate of drug-likeness (QED) is 0.885. The summed E-state index contributed by atoms with van der Waals surface area (Å²) in [7, 11) is 0. The van der Waals surface area contributed by atoms with Gasteiger partial charge < -0.3 is 10.2 Å². The highest BCUT2D eigenvalue weighted by Crippen LogP contribution is 2.15. The van der Waals surface area contributed by atoms with Crippen LogP contribution in [0.15, 0.2) is 24.3 Å². The maximum atomic E-state index is 12.9. The predicted molar refractivity (Wildman–Crippen MR) is 73.1 cm³/mol. The monoisotopic (exact) mass is 264 g/mol. The third-order valence-corrected chi connectivity index (χ3v) is 3.46. The molecule has 0 spiro atoms. The fourth-order valence-corrected chi connectivity index (χ4v) is 2.42. The molecule has 0 radical (unpaired) electrons. The van der Waals surface area contributed by atoms with Gasteiger partial charge in [-0.25, -0.2) is 4.39 Å². The number of nitrogens with one attached hydrogen (secondary N) is 1. The molecule has 1 aliphatic rings. The van der Waals surface area contributed by atoms with E-state index in [1.54, 1.807) is 12.1 Å². The Morgan fingerprint density at radius 3 is 2.79 bits per heavy atom. The average molecular weight is 264 g/mol. The van der Waals surface area contributed by atoms with Crippen molar-refractivity contribution in [2.75, 3.05) is 13.1 Å². The van der Waals surface area contributed by atoms with E-state index < -0.39 is 0 Å². The van der Waals surface area contributed by atoms with Gasteiger partial charge in [-0.15, -0.1) is 0 Å². The Balaban J connectivity index is 1.95. The van der Waals surface area contributed by atoms with Crippen LogP contribution in [-0.2, 0) is 11.3 Å². The molecule has 1 atom stereocenters. The molecular weight excluding hydrogens is 243 g/mol. The van der Waals surface area contributed by atoms with Gasteiger partial charge in [0.15, 0.2) is 0 Å². The Bertz CT molecular complexity index is 419. The van der Waals surface area contributed by atoms with Crippen LogP contribution in [0.3, 0.4) is 0 Å². The molecule has 1 fully saturated rings. The second kappa shape index (κ2) is 6.66. The summed E-state index contributed by atoms with van der Waals surface area (Å²) < 4.78 is 12.9. The lowest BCUT2D eigenvalue weighted by molar-refractivity contribution is -0.136. The maximum absolute atomic E-state index is 12.9. The number of amides is 1. The molecule has 0 saturated carbocycles. The first kappa shape index (κ1) is 14.0. The van der Waals surface area contributed by atoms with Crippen molar-refractivity contribution in [3.05, 3.63) is 35.6 Å². The summed E-state index contributed by atoms with van der Waals surface area (Å²) in [6.07, 6.45) is 2.97. The highest BCUT2D eigenvalue weighted by atomic mass is 19.1. The van der Waals surface area contributed by atoms with E-state index in [9.17, 15) is 9.18 Å². The van der Waals surface area contributed by atoms with Crippen LogP contribution in [0.4, 0.5) is 4.39 Å². The Labute approximate surface area is 113 Å². The number of likely N-dealkylation sites (tertiary alicyclic amines) is 1. The molecule has 0 aliphatic carbocycles. The van der Waals surface area contributed by atoms with Gasteiger partial charge in [0.05, 0.1) is 6.04 Å². The zero-order chi connectivity index (χ0) is 13.7.